The molecule has 2 N–H and O–H groups in total. The summed E-state index contributed by atoms with van der Waals surface area (Å²) in [6.07, 6.45) is 6.89. The van der Waals surface area contributed by atoms with Crippen LogP contribution >= 0.6 is 0 Å². The highest BCUT2D eigenvalue weighted by Crippen LogP contribution is 2.24. The van der Waals surface area contributed by atoms with Crippen LogP contribution in [-0.4, -0.2) is 42.8 Å². The number of rotatable bonds is 7. The van der Waals surface area contributed by atoms with Gasteiger partial charge in [-0.25, -0.2) is 13.2 Å². The van der Waals surface area contributed by atoms with Crippen LogP contribution in [0.25, 0.3) is 0 Å². The Bertz CT molecular complexity index is 985. The number of nitrogens with one attached hydrogen (secondary N) is 1. The van der Waals surface area contributed by atoms with Gasteiger partial charge in [0.2, 0.25) is 10.0 Å². The van der Waals surface area contributed by atoms with Crippen molar-refractivity contribution in [2.75, 3.05) is 13.1 Å². The molecule has 1 aromatic rings. The number of allylic oxidation sites excluding steroid dienone is 3. The number of nitriles is 1. The largest absolute Gasteiger partial charge is 0.478 e. The Morgan fingerprint density at radius 3 is 2.53 bits per heavy atom. The van der Waals surface area contributed by atoms with Gasteiger partial charge >= 0.3 is 5.97 Å². The average molecular weight is 462 g/mol. The molecule has 0 radical (unpaired) electrons. The van der Waals surface area contributed by atoms with Gasteiger partial charge in [0.05, 0.1) is 17.4 Å². The quantitative estimate of drug-likeness (QED) is 0.596. The van der Waals surface area contributed by atoms with E-state index >= 15 is 0 Å². The summed E-state index contributed by atoms with van der Waals surface area (Å²) in [7, 11) is -3.54. The van der Waals surface area contributed by atoms with Gasteiger partial charge in [-0.05, 0) is 50.3 Å². The van der Waals surface area contributed by atoms with Crippen LogP contribution in [-0.2, 0) is 14.8 Å². The molecule has 174 valence electrons. The molecule has 1 aromatic carbocycles. The third-order valence-electron chi connectivity index (χ3n) is 4.77. The number of benzene rings is 1. The zero-order valence-electron chi connectivity index (χ0n) is 18.7. The standard InChI is InChI=1S/C18H26N2O3S.C5H5NO2/c1-4-6-15(3)19-18(21)16-7-5-8-17(13-16)24(22,23)20-11-9-14(2)10-12-20;6-4-2-1-3-5(7)8/h5-8,13-14H,4,9-12H2,1-3H3,(H,19,21);1,3H,2H2,(H,7,8)/b15-6+;3-1+. The first-order chi connectivity index (χ1) is 15.1. The van der Waals surface area contributed by atoms with Crippen molar-refractivity contribution in [3.8, 4) is 6.07 Å². The molecule has 1 fully saturated rings. The third kappa shape index (κ3) is 9.04. The molecule has 0 saturated carbocycles. The maximum atomic E-state index is 12.8. The molecular weight excluding hydrogens is 430 g/mol. The summed E-state index contributed by atoms with van der Waals surface area (Å²) in [4.78, 5) is 22.1. The zero-order chi connectivity index (χ0) is 24.1. The minimum absolute atomic E-state index is 0.159. The SMILES string of the molecule is CC/C=C(\C)NC(=O)c1cccc(S(=O)(=O)N2CCC(C)CC2)c1.N#CC/C=C/C(=O)O. The van der Waals surface area contributed by atoms with E-state index in [2.05, 4.69) is 12.2 Å². The fourth-order valence-electron chi connectivity index (χ4n) is 2.99. The van der Waals surface area contributed by atoms with Crippen molar-refractivity contribution in [3.05, 3.63) is 53.8 Å². The summed E-state index contributed by atoms with van der Waals surface area (Å²) in [6.45, 7) is 7.02. The topological polar surface area (TPSA) is 128 Å². The molecule has 0 aromatic heterocycles. The van der Waals surface area contributed by atoms with E-state index in [1.54, 1.807) is 24.3 Å². The second-order valence-electron chi connectivity index (χ2n) is 7.47. The summed E-state index contributed by atoms with van der Waals surface area (Å²) >= 11 is 0. The van der Waals surface area contributed by atoms with Crippen molar-refractivity contribution >= 4 is 21.9 Å². The molecular formula is C23H31N3O5S. The highest BCUT2D eigenvalue weighted by molar-refractivity contribution is 7.89. The van der Waals surface area contributed by atoms with E-state index in [9.17, 15) is 18.0 Å². The minimum Gasteiger partial charge on any atom is -0.478 e. The summed E-state index contributed by atoms with van der Waals surface area (Å²) in [5.41, 5.74) is 1.12. The predicted octanol–water partition coefficient (Wildman–Crippen LogP) is 3.69. The number of carboxylic acid groups (broad SMARTS) is 1. The number of aliphatic carboxylic acids is 1. The number of nitrogens with zero attached hydrogens (tertiary/aromatic N) is 2. The summed E-state index contributed by atoms with van der Waals surface area (Å²) < 4.78 is 27.1. The Hall–Kier alpha value is -2.96. The van der Waals surface area contributed by atoms with Crippen LogP contribution in [0, 0.1) is 17.2 Å². The van der Waals surface area contributed by atoms with Gasteiger partial charge in [0, 0.05) is 30.4 Å². The number of amides is 1. The number of hydrogen-bond donors (Lipinski definition) is 2. The van der Waals surface area contributed by atoms with Crippen LogP contribution in [0.4, 0.5) is 0 Å². The Balaban J connectivity index is 0.000000547. The van der Waals surface area contributed by atoms with Gasteiger partial charge in [0.15, 0.2) is 0 Å². The van der Waals surface area contributed by atoms with Gasteiger partial charge < -0.3 is 10.4 Å². The summed E-state index contributed by atoms with van der Waals surface area (Å²) in [5.74, 6) is -0.747. The minimum atomic E-state index is -3.54. The average Bonchev–Trinajstić information content (AvgIpc) is 2.75. The van der Waals surface area contributed by atoms with E-state index in [0.29, 0.717) is 24.6 Å². The van der Waals surface area contributed by atoms with E-state index in [1.165, 1.54) is 16.4 Å². The molecule has 1 amide bonds. The lowest BCUT2D eigenvalue weighted by atomic mass is 10.0. The maximum Gasteiger partial charge on any atom is 0.328 e. The maximum absolute atomic E-state index is 12.8. The van der Waals surface area contributed by atoms with Crippen molar-refractivity contribution in [2.24, 2.45) is 5.92 Å². The van der Waals surface area contributed by atoms with E-state index in [1.807, 2.05) is 19.9 Å². The lowest BCUT2D eigenvalue weighted by molar-refractivity contribution is -0.131. The molecule has 2 rings (SSSR count). The third-order valence-corrected chi connectivity index (χ3v) is 6.66. The Morgan fingerprint density at radius 1 is 1.31 bits per heavy atom. The molecule has 32 heavy (non-hydrogen) atoms. The second kappa shape index (κ2) is 13.5. The Morgan fingerprint density at radius 2 is 1.97 bits per heavy atom. The van der Waals surface area contributed by atoms with Crippen LogP contribution in [0.1, 0.15) is 56.8 Å². The first kappa shape index (κ1) is 27.1. The van der Waals surface area contributed by atoms with E-state index in [0.717, 1.165) is 31.0 Å². The first-order valence-corrected chi connectivity index (χ1v) is 11.9. The number of carbonyl (C=O) groups excluding carboxylic acids is 1. The van der Waals surface area contributed by atoms with Crippen molar-refractivity contribution in [1.82, 2.24) is 9.62 Å². The van der Waals surface area contributed by atoms with Crippen LogP contribution in [0.3, 0.4) is 0 Å². The van der Waals surface area contributed by atoms with Gasteiger partial charge in [-0.3, -0.25) is 4.79 Å². The molecule has 0 atom stereocenters. The van der Waals surface area contributed by atoms with Gasteiger partial charge in [-0.1, -0.05) is 32.1 Å². The Labute approximate surface area is 190 Å². The number of carboxylic acids is 1. The van der Waals surface area contributed by atoms with E-state index < -0.39 is 16.0 Å². The smallest absolute Gasteiger partial charge is 0.328 e. The lowest BCUT2D eigenvalue weighted by Gasteiger charge is -2.29. The molecule has 8 nitrogen and oxygen atoms in total. The normalized spacial score (nSPS) is 15.5. The molecule has 0 unspecified atom stereocenters. The number of sulfonamides is 1. The van der Waals surface area contributed by atoms with Gasteiger partial charge in [-0.15, -0.1) is 0 Å². The van der Waals surface area contributed by atoms with Crippen molar-refractivity contribution < 1.29 is 23.1 Å². The van der Waals surface area contributed by atoms with E-state index in [4.69, 9.17) is 10.4 Å². The molecule has 0 bridgehead atoms. The second-order valence-corrected chi connectivity index (χ2v) is 9.40. The Kier molecular flexibility index (Phi) is 11.4. The van der Waals surface area contributed by atoms with Crippen molar-refractivity contribution in [2.45, 2.75) is 51.3 Å². The molecule has 0 spiro atoms. The highest BCUT2D eigenvalue weighted by Gasteiger charge is 2.28. The lowest BCUT2D eigenvalue weighted by Crippen LogP contribution is -2.38. The van der Waals surface area contributed by atoms with Crippen molar-refractivity contribution in [1.29, 1.82) is 5.26 Å². The number of carbonyl (C=O) groups is 2. The molecule has 1 heterocycles. The predicted molar refractivity (Wildman–Crippen MR) is 122 cm³/mol. The van der Waals surface area contributed by atoms with Crippen LogP contribution < -0.4 is 5.32 Å². The monoisotopic (exact) mass is 461 g/mol. The number of piperidine rings is 1. The van der Waals surface area contributed by atoms with Crippen molar-refractivity contribution in [3.63, 3.8) is 0 Å². The molecule has 1 aliphatic heterocycles. The summed E-state index contributed by atoms with van der Waals surface area (Å²) in [6, 6.07) is 8.04. The molecule has 9 heteroatoms. The highest BCUT2D eigenvalue weighted by atomic mass is 32.2. The van der Waals surface area contributed by atoms with Gasteiger partial charge in [-0.2, -0.15) is 9.57 Å². The van der Waals surface area contributed by atoms with Crippen LogP contribution in [0.2, 0.25) is 0 Å². The fourth-order valence-corrected chi connectivity index (χ4v) is 4.51. The van der Waals surface area contributed by atoms with Crippen LogP contribution in [0.5, 0.6) is 0 Å². The van der Waals surface area contributed by atoms with Gasteiger partial charge in [0.1, 0.15) is 0 Å². The van der Waals surface area contributed by atoms with Crippen LogP contribution in [0.15, 0.2) is 53.1 Å². The molecule has 1 aliphatic rings. The molecule has 1 saturated heterocycles. The van der Waals surface area contributed by atoms with Gasteiger partial charge in [0.25, 0.3) is 5.91 Å². The zero-order valence-corrected chi connectivity index (χ0v) is 19.6. The fraction of sp³-hybridized carbons (Fsp3) is 0.435. The first-order valence-electron chi connectivity index (χ1n) is 10.5. The number of hydrogen-bond acceptors (Lipinski definition) is 5. The summed E-state index contributed by atoms with van der Waals surface area (Å²) in [5, 5.41) is 18.6. The molecule has 0 aliphatic carbocycles. The van der Waals surface area contributed by atoms with E-state index in [-0.39, 0.29) is 17.2 Å².